The maximum absolute atomic E-state index is 11.0. The number of carbonyl (C=O) groups is 2. The van der Waals surface area contributed by atoms with Crippen LogP contribution >= 0.6 is 11.8 Å². The predicted octanol–water partition coefficient (Wildman–Crippen LogP) is 1.71. The van der Waals surface area contributed by atoms with Crippen molar-refractivity contribution in [3.63, 3.8) is 0 Å². The zero-order chi connectivity index (χ0) is 9.90. The number of ketones is 1. The highest BCUT2D eigenvalue weighted by atomic mass is 32.2. The average molecular weight is 202 g/mol. The molecular formula is C9H14O3S. The highest BCUT2D eigenvalue weighted by molar-refractivity contribution is 8.02. The van der Waals surface area contributed by atoms with E-state index in [4.69, 9.17) is 5.11 Å². The van der Waals surface area contributed by atoms with Crippen LogP contribution in [0.25, 0.3) is 0 Å². The number of carboxylic acid groups (broad SMARTS) is 1. The second-order valence-corrected chi connectivity index (χ2v) is 4.86. The molecule has 0 atom stereocenters. The third-order valence-electron chi connectivity index (χ3n) is 2.35. The predicted molar refractivity (Wildman–Crippen MR) is 52.0 cm³/mol. The summed E-state index contributed by atoms with van der Waals surface area (Å²) in [6, 6.07) is 0. The number of carbonyl (C=O) groups excluding carboxylic acids is 1. The van der Waals surface area contributed by atoms with Gasteiger partial charge in [-0.1, -0.05) is 12.8 Å². The van der Waals surface area contributed by atoms with Crippen molar-refractivity contribution in [1.82, 2.24) is 0 Å². The molecule has 0 heterocycles. The van der Waals surface area contributed by atoms with E-state index < -0.39 is 10.7 Å². The minimum Gasteiger partial charge on any atom is -0.480 e. The van der Waals surface area contributed by atoms with E-state index in [0.717, 1.165) is 12.8 Å². The van der Waals surface area contributed by atoms with Crippen LogP contribution in [-0.4, -0.2) is 27.4 Å². The average Bonchev–Trinajstić information content (AvgIpc) is 2.50. The fraction of sp³-hybridized carbons (Fsp3) is 0.778. The normalized spacial score (nSPS) is 20.1. The fourth-order valence-corrected chi connectivity index (χ4v) is 2.79. The topological polar surface area (TPSA) is 54.4 Å². The molecule has 0 aliphatic heterocycles. The first kappa shape index (κ1) is 10.6. The molecule has 0 radical (unpaired) electrons. The van der Waals surface area contributed by atoms with Crippen molar-refractivity contribution >= 4 is 23.5 Å². The van der Waals surface area contributed by atoms with Gasteiger partial charge in [0.15, 0.2) is 0 Å². The van der Waals surface area contributed by atoms with E-state index in [-0.39, 0.29) is 5.78 Å². The second kappa shape index (κ2) is 4.13. The fourth-order valence-electron chi connectivity index (χ4n) is 1.61. The van der Waals surface area contributed by atoms with Gasteiger partial charge in [0, 0.05) is 0 Å². The lowest BCUT2D eigenvalue weighted by Crippen LogP contribution is -2.32. The smallest absolute Gasteiger partial charge is 0.319 e. The molecule has 4 heteroatoms. The summed E-state index contributed by atoms with van der Waals surface area (Å²) in [5.74, 6) is -0.375. The lowest BCUT2D eigenvalue weighted by molar-refractivity contribution is -0.139. The molecular weight excluding hydrogens is 188 g/mol. The molecule has 1 saturated carbocycles. The molecule has 0 unspecified atom stereocenters. The molecule has 0 bridgehead atoms. The Hall–Kier alpha value is -0.510. The number of hydrogen-bond acceptors (Lipinski definition) is 3. The Morgan fingerprint density at radius 1 is 1.38 bits per heavy atom. The van der Waals surface area contributed by atoms with Gasteiger partial charge in [-0.2, -0.15) is 0 Å². The Bertz CT molecular complexity index is 219. The Morgan fingerprint density at radius 2 is 1.92 bits per heavy atom. The summed E-state index contributed by atoms with van der Waals surface area (Å²) in [6.07, 6.45) is 3.36. The van der Waals surface area contributed by atoms with E-state index in [1.54, 1.807) is 0 Å². The number of carboxylic acids is 1. The van der Waals surface area contributed by atoms with Crippen LogP contribution in [0.1, 0.15) is 32.6 Å². The maximum Gasteiger partial charge on any atom is 0.319 e. The van der Waals surface area contributed by atoms with Crippen molar-refractivity contribution in [2.75, 3.05) is 5.75 Å². The first-order valence-electron chi connectivity index (χ1n) is 4.44. The summed E-state index contributed by atoms with van der Waals surface area (Å²) in [5.41, 5.74) is 0. The zero-order valence-electron chi connectivity index (χ0n) is 7.71. The molecule has 0 amide bonds. The summed E-state index contributed by atoms with van der Waals surface area (Å²) in [5, 5.41) is 9.04. The van der Waals surface area contributed by atoms with Gasteiger partial charge in [-0.3, -0.25) is 9.59 Å². The molecule has 3 nitrogen and oxygen atoms in total. The molecule has 1 N–H and O–H groups in total. The molecule has 0 spiro atoms. The van der Waals surface area contributed by atoms with Gasteiger partial charge in [-0.25, -0.2) is 0 Å². The standard InChI is InChI=1S/C9H14O3S/c1-7(10)6-13-9(8(11)12)4-2-3-5-9/h2-6H2,1H3,(H,11,12). The van der Waals surface area contributed by atoms with Crippen LogP contribution in [0.15, 0.2) is 0 Å². The zero-order valence-corrected chi connectivity index (χ0v) is 8.52. The van der Waals surface area contributed by atoms with E-state index in [9.17, 15) is 9.59 Å². The number of aliphatic carboxylic acids is 1. The number of Topliss-reactive ketones (excluding diaryl/α,β-unsaturated/α-hetero) is 1. The molecule has 1 fully saturated rings. The van der Waals surface area contributed by atoms with Gasteiger partial charge in [-0.15, -0.1) is 11.8 Å². The van der Waals surface area contributed by atoms with Crippen molar-refractivity contribution in [3.05, 3.63) is 0 Å². The van der Waals surface area contributed by atoms with E-state index in [0.29, 0.717) is 18.6 Å². The first-order chi connectivity index (χ1) is 6.07. The highest BCUT2D eigenvalue weighted by Crippen LogP contribution is 2.41. The van der Waals surface area contributed by atoms with Crippen LogP contribution in [0, 0.1) is 0 Å². The molecule has 0 aromatic carbocycles. The SMILES string of the molecule is CC(=O)CSC1(C(=O)O)CCCC1. The lowest BCUT2D eigenvalue weighted by atomic mass is 10.1. The molecule has 1 aliphatic carbocycles. The van der Waals surface area contributed by atoms with Gasteiger partial charge in [0.05, 0.1) is 5.75 Å². The molecule has 74 valence electrons. The van der Waals surface area contributed by atoms with E-state index in [1.165, 1.54) is 18.7 Å². The van der Waals surface area contributed by atoms with E-state index in [1.807, 2.05) is 0 Å². The van der Waals surface area contributed by atoms with Crippen LogP contribution in [0.3, 0.4) is 0 Å². The van der Waals surface area contributed by atoms with Gasteiger partial charge in [0.25, 0.3) is 0 Å². The maximum atomic E-state index is 11.0. The number of rotatable bonds is 4. The molecule has 1 rings (SSSR count). The molecule has 1 aliphatic rings. The first-order valence-corrected chi connectivity index (χ1v) is 5.42. The van der Waals surface area contributed by atoms with Crippen molar-refractivity contribution in [2.45, 2.75) is 37.4 Å². The lowest BCUT2D eigenvalue weighted by Gasteiger charge is -2.22. The van der Waals surface area contributed by atoms with Crippen molar-refractivity contribution in [3.8, 4) is 0 Å². The Labute approximate surface area is 81.9 Å². The van der Waals surface area contributed by atoms with Crippen molar-refractivity contribution in [2.24, 2.45) is 0 Å². The summed E-state index contributed by atoms with van der Waals surface area (Å²) in [6.45, 7) is 1.50. The van der Waals surface area contributed by atoms with Gasteiger partial charge in [0.1, 0.15) is 10.5 Å². The molecule has 0 saturated heterocycles. The van der Waals surface area contributed by atoms with E-state index in [2.05, 4.69) is 0 Å². The highest BCUT2D eigenvalue weighted by Gasteiger charge is 2.41. The minimum atomic E-state index is -0.753. The third-order valence-corrected chi connectivity index (χ3v) is 4.04. The summed E-state index contributed by atoms with van der Waals surface area (Å²) < 4.78 is -0.661. The molecule has 13 heavy (non-hydrogen) atoms. The summed E-state index contributed by atoms with van der Waals surface area (Å²) in [7, 11) is 0. The molecule has 0 aromatic heterocycles. The van der Waals surface area contributed by atoms with Crippen molar-refractivity contribution < 1.29 is 14.7 Å². The quantitative estimate of drug-likeness (QED) is 0.754. The Morgan fingerprint density at radius 3 is 2.31 bits per heavy atom. The van der Waals surface area contributed by atoms with Gasteiger partial charge >= 0.3 is 5.97 Å². The van der Waals surface area contributed by atoms with Gasteiger partial charge < -0.3 is 5.11 Å². The summed E-state index contributed by atoms with van der Waals surface area (Å²) >= 11 is 1.30. The van der Waals surface area contributed by atoms with Crippen LogP contribution in [0.5, 0.6) is 0 Å². The number of hydrogen-bond donors (Lipinski definition) is 1. The van der Waals surface area contributed by atoms with Gasteiger partial charge in [0.2, 0.25) is 0 Å². The van der Waals surface area contributed by atoms with Crippen LogP contribution in [0.2, 0.25) is 0 Å². The monoisotopic (exact) mass is 202 g/mol. The summed E-state index contributed by atoms with van der Waals surface area (Å²) in [4.78, 5) is 21.8. The van der Waals surface area contributed by atoms with Crippen LogP contribution < -0.4 is 0 Å². The van der Waals surface area contributed by atoms with E-state index >= 15 is 0 Å². The minimum absolute atomic E-state index is 0.0533. The molecule has 0 aromatic rings. The van der Waals surface area contributed by atoms with Crippen LogP contribution in [0.4, 0.5) is 0 Å². The Kier molecular flexibility index (Phi) is 3.36. The third kappa shape index (κ3) is 2.46. The largest absolute Gasteiger partial charge is 0.480 e. The Balaban J connectivity index is 2.57. The van der Waals surface area contributed by atoms with Gasteiger partial charge in [-0.05, 0) is 19.8 Å². The van der Waals surface area contributed by atoms with Crippen LogP contribution in [-0.2, 0) is 9.59 Å². The van der Waals surface area contributed by atoms with Crippen molar-refractivity contribution in [1.29, 1.82) is 0 Å². The second-order valence-electron chi connectivity index (χ2n) is 3.50. The number of thioether (sulfide) groups is 1.